The molecule has 1 aliphatic rings. The number of benzene rings is 1. The normalized spacial score (nSPS) is 19.0. The molecule has 1 heterocycles. The Morgan fingerprint density at radius 2 is 2.24 bits per heavy atom. The number of hydrogen-bond donors (Lipinski definition) is 2. The minimum Gasteiger partial charge on any atom is -0.387 e. The fourth-order valence-electron chi connectivity index (χ4n) is 2.60. The van der Waals surface area contributed by atoms with Crippen molar-refractivity contribution >= 4 is 17.3 Å². The van der Waals surface area contributed by atoms with E-state index in [2.05, 4.69) is 15.5 Å². The third-order valence-corrected chi connectivity index (χ3v) is 3.69. The van der Waals surface area contributed by atoms with Gasteiger partial charge in [-0.2, -0.15) is 0 Å². The first-order valence-electron chi connectivity index (χ1n) is 6.97. The van der Waals surface area contributed by atoms with Gasteiger partial charge in [0.1, 0.15) is 0 Å². The number of rotatable bonds is 4. The van der Waals surface area contributed by atoms with Crippen molar-refractivity contribution in [1.29, 1.82) is 0 Å². The van der Waals surface area contributed by atoms with Gasteiger partial charge < -0.3 is 15.5 Å². The first-order chi connectivity index (χ1) is 10.0. The third-order valence-electron chi connectivity index (χ3n) is 3.69. The zero-order valence-corrected chi connectivity index (χ0v) is 12.3. The molecule has 0 aliphatic carbocycles. The van der Waals surface area contributed by atoms with Crippen LogP contribution in [0.3, 0.4) is 0 Å². The smallest absolute Gasteiger partial charge is 0.270 e. The number of hydrogen-bond acceptors (Lipinski definition) is 5. The van der Waals surface area contributed by atoms with Crippen molar-refractivity contribution in [2.45, 2.75) is 18.9 Å². The molecule has 0 spiro atoms. The van der Waals surface area contributed by atoms with Crippen LogP contribution in [0.4, 0.5) is 11.4 Å². The van der Waals surface area contributed by atoms with E-state index in [9.17, 15) is 14.9 Å². The van der Waals surface area contributed by atoms with Gasteiger partial charge >= 0.3 is 0 Å². The predicted octanol–water partition coefficient (Wildman–Crippen LogP) is 1.46. The lowest BCUT2D eigenvalue weighted by Crippen LogP contribution is -2.46. The molecule has 114 valence electrons. The predicted molar refractivity (Wildman–Crippen MR) is 80.6 cm³/mol. The van der Waals surface area contributed by atoms with Crippen LogP contribution in [0.25, 0.3) is 0 Å². The van der Waals surface area contributed by atoms with Gasteiger partial charge in [0, 0.05) is 37.5 Å². The number of nitrogens with zero attached hydrogens (tertiary/aromatic N) is 2. The van der Waals surface area contributed by atoms with Crippen LogP contribution in [-0.2, 0) is 0 Å². The summed E-state index contributed by atoms with van der Waals surface area (Å²) in [4.78, 5) is 24.9. The Bertz CT molecular complexity index is 547. The van der Waals surface area contributed by atoms with Gasteiger partial charge in [-0.05, 0) is 32.5 Å². The minimum absolute atomic E-state index is 0.0834. The topological polar surface area (TPSA) is 87.5 Å². The number of likely N-dealkylation sites (N-methyl/N-ethyl adjacent to an activating group) is 1. The van der Waals surface area contributed by atoms with Crippen LogP contribution in [0.5, 0.6) is 0 Å². The number of non-ortho nitro benzene ring substituents is 1. The summed E-state index contributed by atoms with van der Waals surface area (Å²) in [6.07, 6.45) is 1.97. The number of likely N-dealkylation sites (tertiary alicyclic amines) is 1. The standard InChI is InChI=1S/C14H20N4O3/c1-15-13-6-5-11(18(20)21)8-12(13)14(19)16-10-4-3-7-17(2)9-10/h5-6,8,10,15H,3-4,7,9H2,1-2H3,(H,16,19). The van der Waals surface area contributed by atoms with E-state index in [1.807, 2.05) is 7.05 Å². The highest BCUT2D eigenvalue weighted by molar-refractivity contribution is 6.00. The molecule has 1 aromatic carbocycles. The molecule has 21 heavy (non-hydrogen) atoms. The van der Waals surface area contributed by atoms with Gasteiger partial charge in [-0.1, -0.05) is 0 Å². The summed E-state index contributed by atoms with van der Waals surface area (Å²) in [5.41, 5.74) is 0.808. The van der Waals surface area contributed by atoms with Crippen molar-refractivity contribution in [2.75, 3.05) is 32.5 Å². The van der Waals surface area contributed by atoms with Crippen molar-refractivity contribution in [1.82, 2.24) is 10.2 Å². The average molecular weight is 292 g/mol. The third kappa shape index (κ3) is 3.69. The van der Waals surface area contributed by atoms with Crippen LogP contribution in [0.1, 0.15) is 23.2 Å². The summed E-state index contributed by atoms with van der Waals surface area (Å²) < 4.78 is 0. The number of piperidine rings is 1. The second-order valence-electron chi connectivity index (χ2n) is 5.31. The number of amides is 1. The molecule has 1 atom stereocenters. The molecule has 1 aromatic rings. The van der Waals surface area contributed by atoms with Gasteiger partial charge in [0.15, 0.2) is 0 Å². The highest BCUT2D eigenvalue weighted by Gasteiger charge is 2.22. The quantitative estimate of drug-likeness (QED) is 0.648. The van der Waals surface area contributed by atoms with Gasteiger partial charge in [0.25, 0.3) is 11.6 Å². The molecule has 7 nitrogen and oxygen atoms in total. The van der Waals surface area contributed by atoms with Crippen molar-refractivity contribution in [2.24, 2.45) is 0 Å². The van der Waals surface area contributed by atoms with Gasteiger partial charge in [-0.3, -0.25) is 14.9 Å². The van der Waals surface area contributed by atoms with Crippen molar-refractivity contribution in [3.63, 3.8) is 0 Å². The first-order valence-corrected chi connectivity index (χ1v) is 6.97. The zero-order valence-electron chi connectivity index (χ0n) is 12.3. The summed E-state index contributed by atoms with van der Waals surface area (Å²) in [5.74, 6) is -0.275. The SMILES string of the molecule is CNc1ccc([N+](=O)[O-])cc1C(=O)NC1CCCN(C)C1. The van der Waals surface area contributed by atoms with Crippen LogP contribution < -0.4 is 10.6 Å². The average Bonchev–Trinajstić information content (AvgIpc) is 2.46. The Hall–Kier alpha value is -2.15. The maximum absolute atomic E-state index is 12.4. The van der Waals surface area contributed by atoms with Crippen molar-refractivity contribution in [3.8, 4) is 0 Å². The van der Waals surface area contributed by atoms with Gasteiger partial charge in [-0.25, -0.2) is 0 Å². The van der Waals surface area contributed by atoms with E-state index in [-0.39, 0.29) is 17.6 Å². The van der Waals surface area contributed by atoms with Gasteiger partial charge in [0.05, 0.1) is 10.5 Å². The second kappa shape index (κ2) is 6.53. The Balaban J connectivity index is 2.17. The van der Waals surface area contributed by atoms with Crippen molar-refractivity contribution in [3.05, 3.63) is 33.9 Å². The molecule has 0 aromatic heterocycles. The molecular formula is C14H20N4O3. The first kappa shape index (κ1) is 15.2. The Labute approximate surface area is 123 Å². The minimum atomic E-state index is -0.495. The summed E-state index contributed by atoms with van der Waals surface area (Å²) in [6, 6.07) is 4.34. The van der Waals surface area contributed by atoms with E-state index in [0.717, 1.165) is 25.9 Å². The summed E-state index contributed by atoms with van der Waals surface area (Å²) >= 11 is 0. The van der Waals surface area contributed by atoms with E-state index < -0.39 is 4.92 Å². The number of carbonyl (C=O) groups excluding carboxylic acids is 1. The fourth-order valence-corrected chi connectivity index (χ4v) is 2.60. The summed E-state index contributed by atoms with van der Waals surface area (Å²) in [6.45, 7) is 1.83. The molecule has 0 radical (unpaired) electrons. The van der Waals surface area contributed by atoms with Crippen LogP contribution in [0.2, 0.25) is 0 Å². The molecule has 2 rings (SSSR count). The number of nitrogens with one attached hydrogen (secondary N) is 2. The van der Waals surface area contributed by atoms with E-state index >= 15 is 0 Å². The molecule has 2 N–H and O–H groups in total. The molecule has 1 fully saturated rings. The van der Waals surface area contributed by atoms with Gasteiger partial charge in [-0.15, -0.1) is 0 Å². The molecule has 7 heteroatoms. The Morgan fingerprint density at radius 1 is 1.48 bits per heavy atom. The van der Waals surface area contributed by atoms with Crippen LogP contribution in [0, 0.1) is 10.1 Å². The number of carbonyl (C=O) groups is 1. The number of anilines is 1. The molecule has 1 unspecified atom stereocenters. The lowest BCUT2D eigenvalue weighted by atomic mass is 10.0. The molecule has 1 aliphatic heterocycles. The lowest BCUT2D eigenvalue weighted by Gasteiger charge is -2.30. The second-order valence-corrected chi connectivity index (χ2v) is 5.31. The molecular weight excluding hydrogens is 272 g/mol. The maximum Gasteiger partial charge on any atom is 0.270 e. The lowest BCUT2D eigenvalue weighted by molar-refractivity contribution is -0.384. The van der Waals surface area contributed by atoms with E-state index in [0.29, 0.717) is 11.3 Å². The van der Waals surface area contributed by atoms with E-state index in [4.69, 9.17) is 0 Å². The highest BCUT2D eigenvalue weighted by atomic mass is 16.6. The molecule has 1 amide bonds. The van der Waals surface area contributed by atoms with Crippen LogP contribution in [-0.4, -0.2) is 49.0 Å². The summed E-state index contributed by atoms with van der Waals surface area (Å²) in [5, 5.41) is 16.7. The van der Waals surface area contributed by atoms with Crippen LogP contribution >= 0.6 is 0 Å². The molecule has 0 bridgehead atoms. The van der Waals surface area contributed by atoms with Crippen molar-refractivity contribution < 1.29 is 9.72 Å². The summed E-state index contributed by atoms with van der Waals surface area (Å²) in [7, 11) is 3.71. The van der Waals surface area contributed by atoms with Gasteiger partial charge in [0.2, 0.25) is 0 Å². The monoisotopic (exact) mass is 292 g/mol. The van der Waals surface area contributed by atoms with Crippen LogP contribution in [0.15, 0.2) is 18.2 Å². The number of nitro groups is 1. The van der Waals surface area contributed by atoms with E-state index in [1.165, 1.54) is 12.1 Å². The fraction of sp³-hybridized carbons (Fsp3) is 0.500. The zero-order chi connectivity index (χ0) is 15.4. The Morgan fingerprint density at radius 3 is 2.86 bits per heavy atom. The highest BCUT2D eigenvalue weighted by Crippen LogP contribution is 2.22. The maximum atomic E-state index is 12.4. The Kier molecular flexibility index (Phi) is 4.74. The molecule has 0 saturated carbocycles. The molecule has 1 saturated heterocycles. The van der Waals surface area contributed by atoms with E-state index in [1.54, 1.807) is 13.1 Å². The number of nitro benzene ring substituents is 1. The largest absolute Gasteiger partial charge is 0.387 e.